The Morgan fingerprint density at radius 3 is 2.27 bits per heavy atom. The van der Waals surface area contributed by atoms with Crippen molar-refractivity contribution < 1.29 is 4.79 Å². The zero-order valence-corrected chi connectivity index (χ0v) is 13.5. The molecule has 3 heteroatoms. The Hall–Kier alpha value is -1.35. The molecule has 2 aliphatic rings. The zero-order chi connectivity index (χ0) is 15.2. The predicted molar refractivity (Wildman–Crippen MR) is 90.3 cm³/mol. The topological polar surface area (TPSA) is 32.3 Å². The average Bonchev–Trinajstić information content (AvgIpc) is 2.55. The highest BCUT2D eigenvalue weighted by Crippen LogP contribution is 2.24. The summed E-state index contributed by atoms with van der Waals surface area (Å²) in [5, 5.41) is 3.46. The smallest absolute Gasteiger partial charge is 0.253 e. The van der Waals surface area contributed by atoms with Crippen molar-refractivity contribution in [1.29, 1.82) is 0 Å². The number of nitrogens with zero attached hydrogens (tertiary/aromatic N) is 1. The monoisotopic (exact) mass is 300 g/mol. The van der Waals surface area contributed by atoms with E-state index < -0.39 is 0 Å². The fraction of sp³-hybridized carbons (Fsp3) is 0.632. The summed E-state index contributed by atoms with van der Waals surface area (Å²) in [6, 6.07) is 8.39. The van der Waals surface area contributed by atoms with E-state index >= 15 is 0 Å². The molecule has 2 fully saturated rings. The second-order valence-corrected chi connectivity index (χ2v) is 6.73. The molecule has 1 aromatic carbocycles. The molecule has 0 radical (unpaired) electrons. The van der Waals surface area contributed by atoms with E-state index in [9.17, 15) is 4.79 Å². The van der Waals surface area contributed by atoms with E-state index in [4.69, 9.17) is 0 Å². The maximum atomic E-state index is 12.7. The molecule has 1 atom stereocenters. The van der Waals surface area contributed by atoms with Crippen LogP contribution in [0.15, 0.2) is 24.3 Å². The molecule has 1 N–H and O–H groups in total. The molecular formula is C19H28N2O. The summed E-state index contributed by atoms with van der Waals surface area (Å²) in [5.41, 5.74) is 2.23. The van der Waals surface area contributed by atoms with Gasteiger partial charge in [-0.05, 0) is 55.8 Å². The van der Waals surface area contributed by atoms with Gasteiger partial charge >= 0.3 is 0 Å². The van der Waals surface area contributed by atoms with E-state index in [0.29, 0.717) is 5.92 Å². The van der Waals surface area contributed by atoms with Crippen molar-refractivity contribution in [1.82, 2.24) is 10.2 Å². The number of benzene rings is 1. The lowest BCUT2D eigenvalue weighted by molar-refractivity contribution is 0.0742. The molecule has 22 heavy (non-hydrogen) atoms. The maximum absolute atomic E-state index is 12.7. The van der Waals surface area contributed by atoms with Gasteiger partial charge in [0.1, 0.15) is 0 Å². The molecule has 1 amide bonds. The van der Waals surface area contributed by atoms with Crippen molar-refractivity contribution in [2.45, 2.75) is 50.9 Å². The van der Waals surface area contributed by atoms with Crippen LogP contribution in [0, 0.1) is 0 Å². The lowest BCUT2D eigenvalue weighted by Crippen LogP contribution is -2.33. The fourth-order valence-electron chi connectivity index (χ4n) is 3.67. The van der Waals surface area contributed by atoms with Crippen LogP contribution in [0.3, 0.4) is 0 Å². The first-order chi connectivity index (χ1) is 10.8. The molecule has 0 bridgehead atoms. The summed E-state index contributed by atoms with van der Waals surface area (Å²) >= 11 is 0. The van der Waals surface area contributed by atoms with Crippen LogP contribution in [0.5, 0.6) is 0 Å². The molecule has 2 saturated heterocycles. The van der Waals surface area contributed by atoms with Crippen LogP contribution in [-0.2, 0) is 0 Å². The summed E-state index contributed by atoms with van der Waals surface area (Å²) < 4.78 is 0. The highest BCUT2D eigenvalue weighted by Gasteiger charge is 2.18. The first-order valence-electron chi connectivity index (χ1n) is 8.94. The first-order valence-corrected chi connectivity index (χ1v) is 8.94. The molecular weight excluding hydrogens is 272 g/mol. The van der Waals surface area contributed by atoms with Crippen molar-refractivity contribution in [3.05, 3.63) is 35.4 Å². The normalized spacial score (nSPS) is 23.6. The predicted octanol–water partition coefficient (Wildman–Crippen LogP) is 3.56. The fourth-order valence-corrected chi connectivity index (χ4v) is 3.67. The Morgan fingerprint density at radius 1 is 0.955 bits per heavy atom. The molecule has 0 spiro atoms. The molecule has 120 valence electrons. The molecule has 3 rings (SSSR count). The van der Waals surface area contributed by atoms with Gasteiger partial charge in [-0.1, -0.05) is 31.4 Å². The number of rotatable bonds is 2. The van der Waals surface area contributed by atoms with Crippen molar-refractivity contribution in [2.24, 2.45) is 0 Å². The summed E-state index contributed by atoms with van der Waals surface area (Å²) in [6.07, 6.45) is 8.65. The second kappa shape index (κ2) is 7.77. The van der Waals surface area contributed by atoms with Crippen LogP contribution in [-0.4, -0.2) is 37.0 Å². The zero-order valence-electron chi connectivity index (χ0n) is 13.5. The number of amides is 1. The number of carbonyl (C=O) groups is 1. The molecule has 0 saturated carbocycles. The van der Waals surface area contributed by atoms with Gasteiger partial charge in [-0.15, -0.1) is 0 Å². The molecule has 3 nitrogen and oxygen atoms in total. The van der Waals surface area contributed by atoms with Gasteiger partial charge in [-0.25, -0.2) is 0 Å². The summed E-state index contributed by atoms with van der Waals surface area (Å²) in [6.45, 7) is 4.06. The third-order valence-corrected chi connectivity index (χ3v) is 5.07. The van der Waals surface area contributed by atoms with Gasteiger partial charge in [-0.3, -0.25) is 4.79 Å². The van der Waals surface area contributed by atoms with Gasteiger partial charge in [-0.2, -0.15) is 0 Å². The van der Waals surface area contributed by atoms with Gasteiger partial charge in [0.25, 0.3) is 5.91 Å². The summed E-state index contributed by atoms with van der Waals surface area (Å²) in [5.74, 6) is 0.829. The van der Waals surface area contributed by atoms with Crippen LogP contribution < -0.4 is 5.32 Å². The Morgan fingerprint density at radius 2 is 1.64 bits per heavy atom. The van der Waals surface area contributed by atoms with E-state index in [0.717, 1.165) is 44.6 Å². The van der Waals surface area contributed by atoms with E-state index in [-0.39, 0.29) is 5.91 Å². The van der Waals surface area contributed by atoms with Crippen molar-refractivity contribution in [3.8, 4) is 0 Å². The van der Waals surface area contributed by atoms with Gasteiger partial charge in [0, 0.05) is 25.2 Å². The van der Waals surface area contributed by atoms with Gasteiger partial charge in [0.2, 0.25) is 0 Å². The lowest BCUT2D eigenvalue weighted by atomic mass is 9.91. The number of piperidine rings is 1. The largest absolute Gasteiger partial charge is 0.339 e. The molecule has 0 aromatic heterocycles. The van der Waals surface area contributed by atoms with E-state index in [1.165, 1.54) is 37.7 Å². The molecule has 2 heterocycles. The molecule has 0 aliphatic carbocycles. The van der Waals surface area contributed by atoms with Crippen molar-refractivity contribution in [3.63, 3.8) is 0 Å². The van der Waals surface area contributed by atoms with Gasteiger partial charge in [0.15, 0.2) is 0 Å². The number of carbonyl (C=O) groups excluding carboxylic acids is 1. The van der Waals surface area contributed by atoms with E-state index in [2.05, 4.69) is 22.3 Å². The highest BCUT2D eigenvalue weighted by atomic mass is 16.2. The van der Waals surface area contributed by atoms with E-state index in [1.807, 2.05) is 12.1 Å². The third kappa shape index (κ3) is 3.89. The van der Waals surface area contributed by atoms with Crippen LogP contribution in [0.25, 0.3) is 0 Å². The van der Waals surface area contributed by atoms with Crippen molar-refractivity contribution >= 4 is 5.91 Å². The second-order valence-electron chi connectivity index (χ2n) is 6.73. The summed E-state index contributed by atoms with van der Waals surface area (Å²) in [4.78, 5) is 14.7. The molecule has 1 aromatic rings. The number of nitrogens with one attached hydrogen (secondary N) is 1. The Balaban J connectivity index is 1.64. The molecule has 0 unspecified atom stereocenters. The Kier molecular flexibility index (Phi) is 5.49. The van der Waals surface area contributed by atoms with Crippen LogP contribution >= 0.6 is 0 Å². The molecule has 2 aliphatic heterocycles. The Bertz CT molecular complexity index is 469. The summed E-state index contributed by atoms with van der Waals surface area (Å²) in [7, 11) is 0. The maximum Gasteiger partial charge on any atom is 0.253 e. The average molecular weight is 300 g/mol. The first kappa shape index (κ1) is 15.5. The number of hydrogen-bond acceptors (Lipinski definition) is 2. The highest BCUT2D eigenvalue weighted by molar-refractivity contribution is 5.94. The number of likely N-dealkylation sites (tertiary alicyclic amines) is 1. The van der Waals surface area contributed by atoms with Crippen LogP contribution in [0.4, 0.5) is 0 Å². The van der Waals surface area contributed by atoms with Crippen molar-refractivity contribution in [2.75, 3.05) is 26.2 Å². The quantitative estimate of drug-likeness (QED) is 0.905. The number of hydrogen-bond donors (Lipinski definition) is 1. The third-order valence-electron chi connectivity index (χ3n) is 5.07. The Labute approximate surface area is 134 Å². The lowest BCUT2D eigenvalue weighted by Gasteiger charge is -2.26. The van der Waals surface area contributed by atoms with E-state index in [1.54, 1.807) is 0 Å². The standard InChI is InChI=1S/C19H28N2O/c22-19(21-13-4-2-1-3-5-14-21)17-10-8-16(9-11-17)18-7-6-12-20-15-18/h8-11,18,20H,1-7,12-15H2/t18-/m1/s1. The minimum Gasteiger partial charge on any atom is -0.339 e. The minimum absolute atomic E-state index is 0.218. The minimum atomic E-state index is 0.218. The van der Waals surface area contributed by atoms with Gasteiger partial charge in [0.05, 0.1) is 0 Å². The SMILES string of the molecule is O=C(c1ccc([C@@H]2CCCNC2)cc1)N1CCCCCCC1. The van der Waals surface area contributed by atoms with Crippen LogP contribution in [0.2, 0.25) is 0 Å². The van der Waals surface area contributed by atoms with Crippen LogP contribution in [0.1, 0.15) is 66.8 Å². The van der Waals surface area contributed by atoms with Gasteiger partial charge < -0.3 is 10.2 Å².